The van der Waals surface area contributed by atoms with Crippen LogP contribution in [0.3, 0.4) is 0 Å². The van der Waals surface area contributed by atoms with E-state index in [4.69, 9.17) is 10.5 Å². The first-order valence-corrected chi connectivity index (χ1v) is 5.79. The maximum absolute atomic E-state index is 5.78. The average Bonchev–Trinajstić information content (AvgIpc) is 2.84. The normalized spacial score (nSPS) is 10.7. The van der Waals surface area contributed by atoms with Crippen LogP contribution in [0.4, 0.5) is 5.69 Å². The smallest absolute Gasteiger partial charge is 0.242 e. The van der Waals surface area contributed by atoms with Crippen LogP contribution in [0.5, 0.6) is 11.6 Å². The number of anilines is 1. The minimum absolute atomic E-state index is 0.406. The summed E-state index contributed by atoms with van der Waals surface area (Å²) < 4.78 is 7.82. The molecule has 2 aromatic heterocycles. The molecule has 0 spiro atoms. The van der Waals surface area contributed by atoms with E-state index in [0.717, 1.165) is 0 Å². The Kier molecular flexibility index (Phi) is 2.56. The van der Waals surface area contributed by atoms with Crippen molar-refractivity contribution in [2.24, 2.45) is 0 Å². The van der Waals surface area contributed by atoms with Crippen molar-refractivity contribution in [2.45, 2.75) is 0 Å². The van der Waals surface area contributed by atoms with E-state index in [1.165, 1.54) is 10.7 Å². The maximum atomic E-state index is 5.78. The molecule has 0 aliphatic carbocycles. The van der Waals surface area contributed by atoms with Crippen LogP contribution in [0.15, 0.2) is 35.1 Å². The lowest BCUT2D eigenvalue weighted by molar-refractivity contribution is 0.440. The third-order valence-corrected chi connectivity index (χ3v) is 3.13. The van der Waals surface area contributed by atoms with Crippen LogP contribution in [0.2, 0.25) is 0 Å². The van der Waals surface area contributed by atoms with Gasteiger partial charge in [0, 0.05) is 5.69 Å². The molecule has 0 fully saturated rings. The summed E-state index contributed by atoms with van der Waals surface area (Å²) in [5.74, 6) is 0.976. The average molecular weight is 307 g/mol. The second-order valence-corrected chi connectivity index (χ2v) is 4.25. The standard InChI is InChI=1S/C10H7BrN6O/c11-10-6(12)2-1-3-7(10)18-9-5-13-4-8-14-15-16-17(8)9/h1-5H,12H2. The molecule has 3 rings (SSSR count). The van der Waals surface area contributed by atoms with Gasteiger partial charge >= 0.3 is 0 Å². The summed E-state index contributed by atoms with van der Waals surface area (Å²) >= 11 is 3.36. The van der Waals surface area contributed by atoms with Gasteiger partial charge in [0.1, 0.15) is 5.75 Å². The largest absolute Gasteiger partial charge is 0.436 e. The van der Waals surface area contributed by atoms with Crippen LogP contribution < -0.4 is 10.5 Å². The Bertz CT molecular complexity index is 712. The number of nitrogen functional groups attached to an aromatic ring is 1. The molecule has 0 bridgehead atoms. The van der Waals surface area contributed by atoms with Crippen molar-refractivity contribution in [3.05, 3.63) is 35.1 Å². The SMILES string of the molecule is Nc1cccc(Oc2cncc3nnnn23)c1Br. The zero-order chi connectivity index (χ0) is 12.5. The fourth-order valence-electron chi connectivity index (χ4n) is 1.44. The summed E-state index contributed by atoms with van der Waals surface area (Å²) in [6, 6.07) is 5.35. The highest BCUT2D eigenvalue weighted by atomic mass is 79.9. The summed E-state index contributed by atoms with van der Waals surface area (Å²) in [7, 11) is 0. The molecule has 0 unspecified atom stereocenters. The van der Waals surface area contributed by atoms with Crippen molar-refractivity contribution in [1.29, 1.82) is 0 Å². The zero-order valence-corrected chi connectivity index (χ0v) is 10.6. The first-order chi connectivity index (χ1) is 8.75. The Hall–Kier alpha value is -2.22. The van der Waals surface area contributed by atoms with Gasteiger partial charge in [-0.15, -0.1) is 5.10 Å². The molecular weight excluding hydrogens is 300 g/mol. The van der Waals surface area contributed by atoms with Gasteiger partial charge in [0.05, 0.1) is 16.9 Å². The molecule has 2 N–H and O–H groups in total. The highest BCUT2D eigenvalue weighted by molar-refractivity contribution is 9.10. The van der Waals surface area contributed by atoms with Crippen molar-refractivity contribution < 1.29 is 4.74 Å². The number of benzene rings is 1. The van der Waals surface area contributed by atoms with Crippen molar-refractivity contribution >= 4 is 27.3 Å². The van der Waals surface area contributed by atoms with Gasteiger partial charge in [0.2, 0.25) is 11.5 Å². The lowest BCUT2D eigenvalue weighted by Gasteiger charge is -2.08. The van der Waals surface area contributed by atoms with Gasteiger partial charge in [-0.3, -0.25) is 4.98 Å². The molecule has 0 amide bonds. The Morgan fingerprint density at radius 1 is 1.28 bits per heavy atom. The van der Waals surface area contributed by atoms with Crippen LogP contribution in [0.1, 0.15) is 0 Å². The van der Waals surface area contributed by atoms with E-state index in [0.29, 0.717) is 27.4 Å². The first-order valence-electron chi connectivity index (χ1n) is 4.99. The van der Waals surface area contributed by atoms with Crippen LogP contribution in [-0.2, 0) is 0 Å². The van der Waals surface area contributed by atoms with Gasteiger partial charge in [-0.2, -0.15) is 4.52 Å². The molecule has 1 aromatic carbocycles. The molecule has 0 saturated carbocycles. The third-order valence-electron chi connectivity index (χ3n) is 2.29. The van der Waals surface area contributed by atoms with Gasteiger partial charge in [0.15, 0.2) is 0 Å². The van der Waals surface area contributed by atoms with Crippen molar-refractivity contribution in [3.8, 4) is 11.6 Å². The molecule has 7 nitrogen and oxygen atoms in total. The number of nitrogens with zero attached hydrogens (tertiary/aromatic N) is 5. The number of fused-ring (bicyclic) bond motifs is 1. The second kappa shape index (κ2) is 4.22. The number of nitrogens with two attached hydrogens (primary N) is 1. The lowest BCUT2D eigenvalue weighted by Crippen LogP contribution is -1.98. The quantitative estimate of drug-likeness (QED) is 0.724. The number of ether oxygens (including phenoxy) is 1. The van der Waals surface area contributed by atoms with E-state index in [1.54, 1.807) is 24.4 Å². The predicted molar refractivity (Wildman–Crippen MR) is 67.2 cm³/mol. The van der Waals surface area contributed by atoms with E-state index in [-0.39, 0.29) is 0 Å². The van der Waals surface area contributed by atoms with Gasteiger partial charge < -0.3 is 10.5 Å². The molecule has 18 heavy (non-hydrogen) atoms. The number of hydrogen-bond donors (Lipinski definition) is 1. The summed E-state index contributed by atoms with van der Waals surface area (Å²) in [6.07, 6.45) is 3.07. The summed E-state index contributed by atoms with van der Waals surface area (Å²) in [4.78, 5) is 4.00. The van der Waals surface area contributed by atoms with E-state index in [2.05, 4.69) is 36.4 Å². The Balaban J connectivity index is 2.06. The highest BCUT2D eigenvalue weighted by Crippen LogP contribution is 2.33. The first kappa shape index (κ1) is 10.9. The number of hydrogen-bond acceptors (Lipinski definition) is 6. The molecular formula is C10H7BrN6O. The van der Waals surface area contributed by atoms with Crippen LogP contribution in [-0.4, -0.2) is 25.0 Å². The molecule has 90 valence electrons. The number of tetrazole rings is 1. The monoisotopic (exact) mass is 306 g/mol. The predicted octanol–water partition coefficient (Wildman–Crippen LogP) is 1.66. The fraction of sp³-hybridized carbons (Fsp3) is 0. The topological polar surface area (TPSA) is 91.2 Å². The fourth-order valence-corrected chi connectivity index (χ4v) is 1.79. The molecule has 2 heterocycles. The minimum Gasteiger partial charge on any atom is -0.436 e. The highest BCUT2D eigenvalue weighted by Gasteiger charge is 2.09. The number of halogens is 1. The molecule has 0 atom stereocenters. The molecule has 0 radical (unpaired) electrons. The molecule has 8 heteroatoms. The molecule has 0 aliphatic rings. The maximum Gasteiger partial charge on any atom is 0.242 e. The van der Waals surface area contributed by atoms with E-state index < -0.39 is 0 Å². The summed E-state index contributed by atoms with van der Waals surface area (Å²) in [5, 5.41) is 11.1. The van der Waals surface area contributed by atoms with Crippen LogP contribution >= 0.6 is 15.9 Å². The minimum atomic E-state index is 0.406. The van der Waals surface area contributed by atoms with Gasteiger partial charge in [0.25, 0.3) is 0 Å². The van der Waals surface area contributed by atoms with Crippen LogP contribution in [0.25, 0.3) is 5.65 Å². The Morgan fingerprint density at radius 3 is 3.06 bits per heavy atom. The number of rotatable bonds is 2. The van der Waals surface area contributed by atoms with E-state index in [9.17, 15) is 0 Å². The van der Waals surface area contributed by atoms with Crippen LogP contribution in [0, 0.1) is 0 Å². The molecule has 0 saturated heterocycles. The Morgan fingerprint density at radius 2 is 2.17 bits per heavy atom. The van der Waals surface area contributed by atoms with E-state index >= 15 is 0 Å². The summed E-state index contributed by atoms with van der Waals surface area (Å²) in [5.41, 5.74) is 6.87. The van der Waals surface area contributed by atoms with Crippen molar-refractivity contribution in [1.82, 2.24) is 25.0 Å². The van der Waals surface area contributed by atoms with Gasteiger partial charge in [-0.1, -0.05) is 6.07 Å². The zero-order valence-electron chi connectivity index (χ0n) is 8.99. The molecule has 0 aliphatic heterocycles. The van der Waals surface area contributed by atoms with Crippen molar-refractivity contribution in [3.63, 3.8) is 0 Å². The lowest BCUT2D eigenvalue weighted by atomic mass is 10.3. The van der Waals surface area contributed by atoms with Gasteiger partial charge in [-0.05, 0) is 38.5 Å². The Labute approximate surface area is 110 Å². The third kappa shape index (κ3) is 1.76. The van der Waals surface area contributed by atoms with E-state index in [1.807, 2.05) is 0 Å². The summed E-state index contributed by atoms with van der Waals surface area (Å²) in [6.45, 7) is 0. The van der Waals surface area contributed by atoms with Crippen molar-refractivity contribution in [2.75, 3.05) is 5.73 Å². The number of aromatic nitrogens is 5. The molecule has 3 aromatic rings. The second-order valence-electron chi connectivity index (χ2n) is 3.46. The van der Waals surface area contributed by atoms with Gasteiger partial charge in [-0.25, -0.2) is 0 Å².